The van der Waals surface area contributed by atoms with E-state index < -0.39 is 0 Å². The van der Waals surface area contributed by atoms with Gasteiger partial charge in [0, 0.05) is 17.9 Å². The zero-order valence-electron chi connectivity index (χ0n) is 13.4. The van der Waals surface area contributed by atoms with Crippen LogP contribution in [0, 0.1) is 5.92 Å². The van der Waals surface area contributed by atoms with Gasteiger partial charge in [0.1, 0.15) is 0 Å². The summed E-state index contributed by atoms with van der Waals surface area (Å²) >= 11 is 0. The van der Waals surface area contributed by atoms with Crippen LogP contribution in [0.2, 0.25) is 0 Å². The highest BCUT2D eigenvalue weighted by Crippen LogP contribution is 2.18. The van der Waals surface area contributed by atoms with Crippen molar-refractivity contribution in [1.82, 2.24) is 4.57 Å². The molecule has 0 amide bonds. The lowest BCUT2D eigenvalue weighted by Crippen LogP contribution is -2.04. The number of nitrogens with zero attached hydrogens (tertiary/aromatic N) is 1. The average Bonchev–Trinajstić information content (AvgIpc) is 2.68. The minimum Gasteiger partial charge on any atom is -0.349 e. The van der Waals surface area contributed by atoms with Crippen molar-refractivity contribution in [3.63, 3.8) is 0 Å². The molecule has 0 radical (unpaired) electrons. The second kappa shape index (κ2) is 10.4. The standard InChI is InChI=1S/C10H17N.C4H10.C2H6/c1-8(2)10-6-5-7-11(10)9(3)4;1-4(2)3;1-2/h5-9H,1-4H3;4H,1-3H3;1-2H3. The van der Waals surface area contributed by atoms with Crippen LogP contribution >= 0.6 is 0 Å². The van der Waals surface area contributed by atoms with E-state index in [1.165, 1.54) is 5.69 Å². The average molecular weight is 239 g/mol. The Kier molecular flexibility index (Phi) is 11.4. The summed E-state index contributed by atoms with van der Waals surface area (Å²) in [6, 6.07) is 4.90. The van der Waals surface area contributed by atoms with Crippen LogP contribution in [0.3, 0.4) is 0 Å². The third-order valence-electron chi connectivity index (χ3n) is 1.96. The van der Waals surface area contributed by atoms with Crippen molar-refractivity contribution >= 4 is 0 Å². The van der Waals surface area contributed by atoms with Crippen LogP contribution in [-0.2, 0) is 0 Å². The van der Waals surface area contributed by atoms with Crippen molar-refractivity contribution < 1.29 is 0 Å². The predicted molar refractivity (Wildman–Crippen MR) is 80.8 cm³/mol. The van der Waals surface area contributed by atoms with Crippen molar-refractivity contribution in [2.75, 3.05) is 0 Å². The molecule has 0 bridgehead atoms. The van der Waals surface area contributed by atoms with E-state index in [0.717, 1.165) is 5.92 Å². The highest BCUT2D eigenvalue weighted by atomic mass is 15.0. The number of hydrogen-bond donors (Lipinski definition) is 0. The van der Waals surface area contributed by atoms with Crippen LogP contribution in [0.4, 0.5) is 0 Å². The fraction of sp³-hybridized carbons (Fsp3) is 0.750. The Labute approximate surface area is 109 Å². The van der Waals surface area contributed by atoms with Crippen molar-refractivity contribution in [3.8, 4) is 0 Å². The summed E-state index contributed by atoms with van der Waals surface area (Å²) in [5.41, 5.74) is 1.43. The van der Waals surface area contributed by atoms with Crippen LogP contribution in [0.5, 0.6) is 0 Å². The fourth-order valence-corrected chi connectivity index (χ4v) is 1.37. The third-order valence-corrected chi connectivity index (χ3v) is 1.96. The summed E-state index contributed by atoms with van der Waals surface area (Å²) in [6.45, 7) is 19.4. The zero-order chi connectivity index (χ0) is 14.0. The molecule has 0 saturated carbocycles. The SMILES string of the molecule is CC.CC(C)C.CC(C)c1cccn1C(C)C. The quantitative estimate of drug-likeness (QED) is 0.607. The van der Waals surface area contributed by atoms with E-state index in [4.69, 9.17) is 0 Å². The van der Waals surface area contributed by atoms with Crippen LogP contribution < -0.4 is 0 Å². The van der Waals surface area contributed by atoms with Gasteiger partial charge in [0.2, 0.25) is 0 Å². The van der Waals surface area contributed by atoms with Gasteiger partial charge >= 0.3 is 0 Å². The first kappa shape index (κ1) is 18.6. The van der Waals surface area contributed by atoms with E-state index in [0.29, 0.717) is 12.0 Å². The fourth-order valence-electron chi connectivity index (χ4n) is 1.37. The molecule has 0 fully saturated rings. The smallest absolute Gasteiger partial charge is 0.0276 e. The van der Waals surface area contributed by atoms with Crippen molar-refractivity contribution in [2.45, 2.75) is 74.3 Å². The number of aromatic nitrogens is 1. The molecule has 1 nitrogen and oxygen atoms in total. The van der Waals surface area contributed by atoms with E-state index >= 15 is 0 Å². The van der Waals surface area contributed by atoms with Gasteiger partial charge in [-0.2, -0.15) is 0 Å². The van der Waals surface area contributed by atoms with Gasteiger partial charge in [0.25, 0.3) is 0 Å². The molecule has 102 valence electrons. The molecule has 0 atom stereocenters. The molecule has 1 rings (SSSR count). The second-order valence-corrected chi connectivity index (χ2v) is 5.32. The Hall–Kier alpha value is -0.720. The molecule has 17 heavy (non-hydrogen) atoms. The second-order valence-electron chi connectivity index (χ2n) is 5.32. The van der Waals surface area contributed by atoms with Crippen molar-refractivity contribution in [2.24, 2.45) is 5.92 Å². The Morgan fingerprint density at radius 3 is 1.53 bits per heavy atom. The van der Waals surface area contributed by atoms with Gasteiger partial charge in [0.15, 0.2) is 0 Å². The minimum atomic E-state index is 0.586. The van der Waals surface area contributed by atoms with Gasteiger partial charge in [-0.1, -0.05) is 48.5 Å². The molecule has 0 aliphatic carbocycles. The lowest BCUT2D eigenvalue weighted by Gasteiger charge is -2.14. The Balaban J connectivity index is 0. The molecule has 1 aromatic heterocycles. The maximum atomic E-state index is 2.32. The van der Waals surface area contributed by atoms with Crippen molar-refractivity contribution in [1.29, 1.82) is 0 Å². The third kappa shape index (κ3) is 9.02. The van der Waals surface area contributed by atoms with E-state index in [2.05, 4.69) is 71.4 Å². The molecule has 0 aliphatic rings. The summed E-state index contributed by atoms with van der Waals surface area (Å²) in [5.74, 6) is 1.47. The summed E-state index contributed by atoms with van der Waals surface area (Å²) in [7, 11) is 0. The molecule has 0 spiro atoms. The van der Waals surface area contributed by atoms with E-state index in [9.17, 15) is 0 Å². The molecule has 0 aliphatic heterocycles. The first-order chi connectivity index (χ1) is 7.86. The largest absolute Gasteiger partial charge is 0.349 e. The lowest BCUT2D eigenvalue weighted by molar-refractivity contribution is 0.560. The Morgan fingerprint density at radius 1 is 0.882 bits per heavy atom. The predicted octanol–water partition coefficient (Wildman–Crippen LogP) is 5.88. The van der Waals surface area contributed by atoms with Gasteiger partial charge in [-0.25, -0.2) is 0 Å². The molecule has 0 unspecified atom stereocenters. The van der Waals surface area contributed by atoms with Gasteiger partial charge in [-0.15, -0.1) is 0 Å². The zero-order valence-corrected chi connectivity index (χ0v) is 13.4. The summed E-state index contributed by atoms with van der Waals surface area (Å²) < 4.78 is 2.32. The molecule has 0 aromatic carbocycles. The maximum Gasteiger partial charge on any atom is 0.0276 e. The molecule has 1 heterocycles. The highest BCUT2D eigenvalue weighted by Gasteiger charge is 2.06. The van der Waals surface area contributed by atoms with E-state index in [1.54, 1.807) is 0 Å². The molecular weight excluding hydrogens is 206 g/mol. The minimum absolute atomic E-state index is 0.586. The Morgan fingerprint density at radius 2 is 1.29 bits per heavy atom. The van der Waals surface area contributed by atoms with Crippen molar-refractivity contribution in [3.05, 3.63) is 24.0 Å². The summed E-state index contributed by atoms with van der Waals surface area (Å²) in [5, 5.41) is 0. The van der Waals surface area contributed by atoms with Gasteiger partial charge in [-0.05, 0) is 37.8 Å². The monoisotopic (exact) mass is 239 g/mol. The molecular formula is C16H33N. The van der Waals surface area contributed by atoms with Crippen LogP contribution in [0.15, 0.2) is 18.3 Å². The first-order valence-corrected chi connectivity index (χ1v) is 7.03. The maximum absolute atomic E-state index is 2.32. The molecule has 0 saturated heterocycles. The lowest BCUT2D eigenvalue weighted by atomic mass is 10.1. The molecule has 0 N–H and O–H groups in total. The summed E-state index contributed by atoms with van der Waals surface area (Å²) in [6.07, 6.45) is 2.15. The number of rotatable bonds is 2. The molecule has 1 aromatic rings. The van der Waals surface area contributed by atoms with Gasteiger partial charge in [0.05, 0.1) is 0 Å². The van der Waals surface area contributed by atoms with Crippen LogP contribution in [0.1, 0.15) is 80.0 Å². The van der Waals surface area contributed by atoms with E-state index in [1.807, 2.05) is 13.8 Å². The first-order valence-electron chi connectivity index (χ1n) is 7.03. The topological polar surface area (TPSA) is 4.93 Å². The van der Waals surface area contributed by atoms with Gasteiger partial charge in [-0.3, -0.25) is 0 Å². The normalized spacial score (nSPS) is 9.88. The summed E-state index contributed by atoms with van der Waals surface area (Å²) in [4.78, 5) is 0. The molecule has 1 heteroatoms. The van der Waals surface area contributed by atoms with Crippen LogP contribution in [0.25, 0.3) is 0 Å². The highest BCUT2D eigenvalue weighted by molar-refractivity contribution is 5.11. The Bertz CT molecular complexity index is 231. The van der Waals surface area contributed by atoms with Crippen LogP contribution in [-0.4, -0.2) is 4.57 Å². The number of hydrogen-bond acceptors (Lipinski definition) is 0. The van der Waals surface area contributed by atoms with Gasteiger partial charge < -0.3 is 4.57 Å². The van der Waals surface area contributed by atoms with E-state index in [-0.39, 0.29) is 0 Å².